The molecule has 1 rings (SSSR count). The highest BCUT2D eigenvalue weighted by Gasteiger charge is 2.10. The van der Waals surface area contributed by atoms with E-state index >= 15 is 0 Å². The summed E-state index contributed by atoms with van der Waals surface area (Å²) in [6.45, 7) is 0. The highest BCUT2D eigenvalue weighted by atomic mass is 79.9. The molecular formula is C7H7BrNO2S. The second-order valence-corrected chi connectivity index (χ2v) is 4.79. The lowest BCUT2D eigenvalue weighted by Gasteiger charge is -2.01. The largest absolute Gasteiger partial charge is 0.240 e. The molecule has 0 aliphatic carbocycles. The van der Waals surface area contributed by atoms with Crippen molar-refractivity contribution in [1.29, 1.82) is 0 Å². The molecule has 0 saturated heterocycles. The summed E-state index contributed by atoms with van der Waals surface area (Å²) in [5.74, 6) is 0. The molecule has 65 valence electrons. The maximum atomic E-state index is 11.2. The fourth-order valence-corrected chi connectivity index (χ4v) is 1.97. The Morgan fingerprint density at radius 3 is 2.58 bits per heavy atom. The van der Waals surface area contributed by atoms with Crippen molar-refractivity contribution in [1.82, 2.24) is 4.72 Å². The van der Waals surface area contributed by atoms with Crippen molar-refractivity contribution in [2.24, 2.45) is 0 Å². The van der Waals surface area contributed by atoms with E-state index in [9.17, 15) is 8.42 Å². The van der Waals surface area contributed by atoms with Gasteiger partial charge in [-0.2, -0.15) is 0 Å². The highest BCUT2D eigenvalue weighted by molar-refractivity contribution is 9.10. The van der Waals surface area contributed by atoms with Gasteiger partial charge in [-0.25, -0.2) is 13.1 Å². The molecule has 0 amide bonds. The van der Waals surface area contributed by atoms with Gasteiger partial charge in [0.1, 0.15) is 0 Å². The lowest BCUT2D eigenvalue weighted by molar-refractivity contribution is 0.590. The Morgan fingerprint density at radius 2 is 2.08 bits per heavy atom. The minimum atomic E-state index is -3.41. The van der Waals surface area contributed by atoms with Gasteiger partial charge in [-0.3, -0.25) is 0 Å². The van der Waals surface area contributed by atoms with E-state index in [-0.39, 0.29) is 4.90 Å². The van der Waals surface area contributed by atoms with Crippen LogP contribution in [-0.4, -0.2) is 8.42 Å². The van der Waals surface area contributed by atoms with E-state index in [1.165, 1.54) is 12.1 Å². The van der Waals surface area contributed by atoms with Crippen LogP contribution in [0, 0.1) is 7.05 Å². The van der Waals surface area contributed by atoms with Gasteiger partial charge in [0.05, 0.1) is 4.90 Å². The zero-order chi connectivity index (χ0) is 9.19. The Labute approximate surface area is 80.0 Å². The smallest absolute Gasteiger partial charge is 0.210 e. The second-order valence-electron chi connectivity index (χ2n) is 2.11. The van der Waals surface area contributed by atoms with Crippen LogP contribution in [0.3, 0.4) is 0 Å². The normalized spacial score (nSPS) is 11.5. The molecule has 0 unspecified atom stereocenters. The molecule has 0 bridgehead atoms. The molecule has 0 aliphatic heterocycles. The van der Waals surface area contributed by atoms with Gasteiger partial charge in [0.15, 0.2) is 0 Å². The summed E-state index contributed by atoms with van der Waals surface area (Å²) in [4.78, 5) is 0.201. The summed E-state index contributed by atoms with van der Waals surface area (Å²) in [6, 6.07) is 6.40. The quantitative estimate of drug-likeness (QED) is 0.863. The van der Waals surface area contributed by atoms with E-state index in [1.54, 1.807) is 12.1 Å². The molecule has 1 radical (unpaired) electrons. The third-order valence-corrected chi connectivity index (χ3v) is 3.04. The lowest BCUT2D eigenvalue weighted by atomic mass is 10.4. The van der Waals surface area contributed by atoms with Crippen molar-refractivity contribution in [2.45, 2.75) is 4.90 Å². The van der Waals surface area contributed by atoms with Gasteiger partial charge in [-0.1, -0.05) is 22.0 Å². The lowest BCUT2D eigenvalue weighted by Crippen LogP contribution is -2.16. The number of halogens is 1. The zero-order valence-corrected chi connectivity index (χ0v) is 8.52. The Balaban J connectivity index is 3.21. The van der Waals surface area contributed by atoms with E-state index in [1.807, 2.05) is 4.72 Å². The first kappa shape index (κ1) is 9.70. The number of sulfonamides is 1. The van der Waals surface area contributed by atoms with Crippen LogP contribution in [0.2, 0.25) is 0 Å². The van der Waals surface area contributed by atoms with Crippen LogP contribution >= 0.6 is 15.9 Å². The van der Waals surface area contributed by atoms with Gasteiger partial charge in [0.25, 0.3) is 0 Å². The van der Waals surface area contributed by atoms with Gasteiger partial charge < -0.3 is 0 Å². The first-order chi connectivity index (χ1) is 5.56. The number of benzene rings is 1. The van der Waals surface area contributed by atoms with Gasteiger partial charge in [0.2, 0.25) is 10.0 Å². The number of rotatable bonds is 2. The topological polar surface area (TPSA) is 46.2 Å². The maximum absolute atomic E-state index is 11.2. The number of hydrogen-bond acceptors (Lipinski definition) is 2. The summed E-state index contributed by atoms with van der Waals surface area (Å²) in [6.07, 6.45) is 0. The summed E-state index contributed by atoms with van der Waals surface area (Å²) in [5.41, 5.74) is 0. The van der Waals surface area contributed by atoms with E-state index in [0.717, 1.165) is 4.47 Å². The van der Waals surface area contributed by atoms with Crippen molar-refractivity contribution < 1.29 is 8.42 Å². The van der Waals surface area contributed by atoms with E-state index < -0.39 is 10.0 Å². The van der Waals surface area contributed by atoms with Crippen LogP contribution in [0.15, 0.2) is 33.6 Å². The number of nitrogens with one attached hydrogen (secondary N) is 1. The zero-order valence-electron chi connectivity index (χ0n) is 6.12. The predicted octanol–water partition coefficient (Wildman–Crippen LogP) is 1.52. The molecule has 0 aliphatic rings. The van der Waals surface area contributed by atoms with Crippen molar-refractivity contribution in [3.05, 3.63) is 35.8 Å². The highest BCUT2D eigenvalue weighted by Crippen LogP contribution is 2.15. The predicted molar refractivity (Wildman–Crippen MR) is 49.8 cm³/mol. The van der Waals surface area contributed by atoms with Crippen LogP contribution in [0.5, 0.6) is 0 Å². The molecule has 12 heavy (non-hydrogen) atoms. The first-order valence-electron chi connectivity index (χ1n) is 3.11. The molecule has 0 aromatic heterocycles. The fourth-order valence-electron chi connectivity index (χ4n) is 0.717. The van der Waals surface area contributed by atoms with Gasteiger partial charge in [0, 0.05) is 11.5 Å². The summed E-state index contributed by atoms with van der Waals surface area (Å²) < 4.78 is 25.0. The van der Waals surface area contributed by atoms with Gasteiger partial charge >= 0.3 is 0 Å². The molecule has 0 fully saturated rings. The molecule has 0 heterocycles. The summed E-state index contributed by atoms with van der Waals surface area (Å²) in [7, 11) is -0.302. The Bertz CT molecular complexity index is 375. The SMILES string of the molecule is [CH2]NS(=O)(=O)c1cccc(Br)c1. The van der Waals surface area contributed by atoms with Crippen molar-refractivity contribution in [3.8, 4) is 0 Å². The molecule has 0 atom stereocenters. The second kappa shape index (κ2) is 3.55. The Morgan fingerprint density at radius 1 is 1.42 bits per heavy atom. The number of hydrogen-bond donors (Lipinski definition) is 1. The van der Waals surface area contributed by atoms with Crippen LogP contribution in [-0.2, 0) is 10.0 Å². The van der Waals surface area contributed by atoms with Gasteiger partial charge in [-0.15, -0.1) is 0 Å². The average molecular weight is 249 g/mol. The molecule has 1 aromatic rings. The summed E-state index contributed by atoms with van der Waals surface area (Å²) >= 11 is 3.17. The van der Waals surface area contributed by atoms with Crippen molar-refractivity contribution in [3.63, 3.8) is 0 Å². The monoisotopic (exact) mass is 248 g/mol. The maximum Gasteiger partial charge on any atom is 0.240 e. The van der Waals surface area contributed by atoms with Crippen LogP contribution in [0.1, 0.15) is 0 Å². The van der Waals surface area contributed by atoms with Crippen LogP contribution in [0.4, 0.5) is 0 Å². The molecule has 1 N–H and O–H groups in total. The van der Waals surface area contributed by atoms with E-state index in [4.69, 9.17) is 0 Å². The Kier molecular flexibility index (Phi) is 2.87. The molecule has 3 nitrogen and oxygen atoms in total. The fraction of sp³-hybridized carbons (Fsp3) is 0. The van der Waals surface area contributed by atoms with Gasteiger partial charge in [-0.05, 0) is 18.2 Å². The average Bonchev–Trinajstić information content (AvgIpc) is 2.05. The minimum Gasteiger partial charge on any atom is -0.210 e. The third kappa shape index (κ3) is 2.06. The van der Waals surface area contributed by atoms with Crippen LogP contribution < -0.4 is 4.72 Å². The molecule has 0 spiro atoms. The molecule has 1 aromatic carbocycles. The molecular weight excluding hydrogens is 242 g/mol. The van der Waals surface area contributed by atoms with Crippen LogP contribution in [0.25, 0.3) is 0 Å². The first-order valence-corrected chi connectivity index (χ1v) is 5.38. The molecule has 0 saturated carbocycles. The third-order valence-electron chi connectivity index (χ3n) is 1.30. The van der Waals surface area contributed by atoms with Crippen molar-refractivity contribution in [2.75, 3.05) is 0 Å². The molecule has 5 heteroatoms. The summed E-state index contributed by atoms with van der Waals surface area (Å²) in [5, 5.41) is 0. The Hall–Kier alpha value is -0.390. The standard InChI is InChI=1S/C7H7BrNO2S/c1-9-12(10,11)7-4-2-3-6(8)5-7/h2-5,9H,1H2. The van der Waals surface area contributed by atoms with E-state index in [0.29, 0.717) is 0 Å². The van der Waals surface area contributed by atoms with E-state index in [2.05, 4.69) is 23.0 Å². The van der Waals surface area contributed by atoms with Crippen molar-refractivity contribution >= 4 is 26.0 Å². The minimum absolute atomic E-state index is 0.201.